The second kappa shape index (κ2) is 8.03. The minimum atomic E-state index is -1.05. The van der Waals surface area contributed by atoms with E-state index in [4.69, 9.17) is 21.1 Å². The van der Waals surface area contributed by atoms with Crippen LogP contribution in [0.15, 0.2) is 23.1 Å². The van der Waals surface area contributed by atoms with Crippen molar-refractivity contribution in [2.75, 3.05) is 19.8 Å². The Balaban J connectivity index is 1.53. The lowest BCUT2D eigenvalue weighted by molar-refractivity contribution is -0.172. The molecule has 2 amide bonds. The number of carbonyl (C=O) groups is 2. The zero-order valence-electron chi connectivity index (χ0n) is 17.9. The quantitative estimate of drug-likeness (QED) is 0.630. The van der Waals surface area contributed by atoms with Crippen molar-refractivity contribution in [2.45, 2.75) is 37.7 Å². The van der Waals surface area contributed by atoms with Crippen molar-refractivity contribution in [3.05, 3.63) is 62.0 Å². The Morgan fingerprint density at radius 1 is 1.32 bits per heavy atom. The molecule has 1 aromatic heterocycles. The van der Waals surface area contributed by atoms with E-state index in [9.17, 15) is 28.3 Å². The van der Waals surface area contributed by atoms with Gasteiger partial charge in [-0.2, -0.15) is 0 Å². The summed E-state index contributed by atoms with van der Waals surface area (Å²) in [5.74, 6) is -4.35. The maximum atomic E-state index is 14.2. The first kappa shape index (κ1) is 22.8. The standard InChI is InChI=1S/C22H20ClF2N3O6/c1-10-8-34-22-4-5-33-9-14(22)27-7-12(18(29)19(30)17(27)21(32)28(10)22)20(31)26-6-11-2-3-13(24)15(23)16(11)25/h2-3,7,10,14,30H,4-6,8-9H2,1H3,(H,26,31)/t10-,14?,22+/m1/s1. The van der Waals surface area contributed by atoms with E-state index in [1.165, 1.54) is 15.7 Å². The van der Waals surface area contributed by atoms with Gasteiger partial charge >= 0.3 is 0 Å². The van der Waals surface area contributed by atoms with Gasteiger partial charge in [-0.25, -0.2) is 8.78 Å². The van der Waals surface area contributed by atoms with Gasteiger partial charge in [0.2, 0.25) is 5.43 Å². The molecule has 1 spiro atoms. The number of carbonyl (C=O) groups excluding carboxylic acids is 2. The largest absolute Gasteiger partial charge is 0.503 e. The van der Waals surface area contributed by atoms with Crippen molar-refractivity contribution in [1.82, 2.24) is 14.8 Å². The third-order valence-corrected chi connectivity index (χ3v) is 6.94. The van der Waals surface area contributed by atoms with E-state index in [0.29, 0.717) is 13.0 Å². The lowest BCUT2D eigenvalue weighted by Crippen LogP contribution is -2.63. The first-order valence-corrected chi connectivity index (χ1v) is 11.0. The zero-order valence-corrected chi connectivity index (χ0v) is 18.7. The summed E-state index contributed by atoms with van der Waals surface area (Å²) in [4.78, 5) is 40.5. The topological polar surface area (TPSA) is 110 Å². The molecule has 0 aliphatic carbocycles. The fourth-order valence-electron chi connectivity index (χ4n) is 4.94. The molecule has 4 heterocycles. The number of fused-ring (bicyclic) bond motifs is 2. The van der Waals surface area contributed by atoms with Crippen molar-refractivity contribution in [3.63, 3.8) is 0 Å². The monoisotopic (exact) mass is 495 g/mol. The number of halogens is 3. The first-order valence-electron chi connectivity index (χ1n) is 10.6. The minimum absolute atomic E-state index is 0.0965. The fraction of sp³-hybridized carbons (Fsp3) is 0.409. The van der Waals surface area contributed by atoms with Crippen LogP contribution in [0.4, 0.5) is 8.78 Å². The van der Waals surface area contributed by atoms with Crippen LogP contribution in [-0.4, -0.2) is 58.0 Å². The van der Waals surface area contributed by atoms with Crippen LogP contribution in [-0.2, 0) is 16.0 Å². The van der Waals surface area contributed by atoms with E-state index >= 15 is 0 Å². The Morgan fingerprint density at radius 2 is 2.09 bits per heavy atom. The number of ether oxygens (including phenoxy) is 2. The van der Waals surface area contributed by atoms with Gasteiger partial charge in [0.15, 0.2) is 17.2 Å². The summed E-state index contributed by atoms with van der Waals surface area (Å²) in [5.41, 5.74) is -2.87. The number of pyridine rings is 1. The zero-order chi connectivity index (χ0) is 24.4. The second-order valence-electron chi connectivity index (χ2n) is 8.51. The van der Waals surface area contributed by atoms with Gasteiger partial charge in [-0.05, 0) is 13.0 Å². The molecule has 9 nitrogen and oxygen atoms in total. The van der Waals surface area contributed by atoms with Crippen molar-refractivity contribution in [1.29, 1.82) is 0 Å². The molecule has 2 fully saturated rings. The number of hydrogen-bond donors (Lipinski definition) is 2. The van der Waals surface area contributed by atoms with Gasteiger partial charge in [0.05, 0.1) is 25.9 Å². The van der Waals surface area contributed by atoms with Gasteiger partial charge in [-0.15, -0.1) is 0 Å². The summed E-state index contributed by atoms with van der Waals surface area (Å²) < 4.78 is 40.6. The highest BCUT2D eigenvalue weighted by molar-refractivity contribution is 6.30. The summed E-state index contributed by atoms with van der Waals surface area (Å²) in [5, 5.41) is 12.3. The van der Waals surface area contributed by atoms with Crippen LogP contribution >= 0.6 is 11.6 Å². The lowest BCUT2D eigenvalue weighted by Gasteiger charge is -2.51. The van der Waals surface area contributed by atoms with Crippen LogP contribution in [0.2, 0.25) is 5.02 Å². The highest BCUT2D eigenvalue weighted by atomic mass is 35.5. The molecule has 2 saturated heterocycles. The molecule has 2 N–H and O–H groups in total. The molecule has 0 radical (unpaired) electrons. The van der Waals surface area contributed by atoms with Crippen molar-refractivity contribution >= 4 is 23.4 Å². The number of benzene rings is 1. The summed E-state index contributed by atoms with van der Waals surface area (Å²) in [7, 11) is 0. The van der Waals surface area contributed by atoms with Crippen LogP contribution in [0, 0.1) is 11.6 Å². The maximum absolute atomic E-state index is 14.2. The fourth-order valence-corrected chi connectivity index (χ4v) is 5.12. The average molecular weight is 496 g/mol. The van der Waals surface area contributed by atoms with Gasteiger partial charge in [0.1, 0.15) is 28.3 Å². The number of rotatable bonds is 3. The van der Waals surface area contributed by atoms with E-state index in [2.05, 4.69) is 5.32 Å². The van der Waals surface area contributed by atoms with Gasteiger partial charge in [-0.3, -0.25) is 14.4 Å². The molecule has 5 rings (SSSR count). The number of aromatic nitrogens is 1. The third kappa shape index (κ3) is 3.14. The van der Waals surface area contributed by atoms with E-state index in [-0.39, 0.29) is 30.5 Å². The summed E-state index contributed by atoms with van der Waals surface area (Å²) >= 11 is 5.56. The number of nitrogens with one attached hydrogen (secondary N) is 1. The number of amides is 2. The van der Waals surface area contributed by atoms with Crippen LogP contribution in [0.25, 0.3) is 0 Å². The molecule has 180 valence electrons. The van der Waals surface area contributed by atoms with Crippen LogP contribution < -0.4 is 10.7 Å². The number of aromatic hydroxyl groups is 1. The van der Waals surface area contributed by atoms with Gasteiger partial charge in [0, 0.05) is 24.7 Å². The molecule has 1 aromatic carbocycles. The van der Waals surface area contributed by atoms with Crippen LogP contribution in [0.1, 0.15) is 45.8 Å². The normalized spacial score (nSPS) is 25.5. The molecule has 12 heteroatoms. The summed E-state index contributed by atoms with van der Waals surface area (Å²) in [6.07, 6.45) is 1.57. The molecule has 0 bridgehead atoms. The summed E-state index contributed by atoms with van der Waals surface area (Å²) in [6.45, 7) is 2.18. The highest BCUT2D eigenvalue weighted by Gasteiger charge is 2.60. The highest BCUT2D eigenvalue weighted by Crippen LogP contribution is 2.47. The minimum Gasteiger partial charge on any atom is -0.503 e. The van der Waals surface area contributed by atoms with Crippen molar-refractivity contribution < 1.29 is 33.0 Å². The predicted molar refractivity (Wildman–Crippen MR) is 114 cm³/mol. The number of hydrogen-bond acceptors (Lipinski definition) is 6. The Kier molecular flexibility index (Phi) is 5.38. The van der Waals surface area contributed by atoms with Crippen molar-refractivity contribution in [2.24, 2.45) is 0 Å². The lowest BCUT2D eigenvalue weighted by atomic mass is 9.91. The molecule has 3 atom stereocenters. The molecule has 3 aliphatic heterocycles. The predicted octanol–water partition coefficient (Wildman–Crippen LogP) is 1.95. The second-order valence-corrected chi connectivity index (χ2v) is 8.89. The Labute approximate surface area is 196 Å². The molecular weight excluding hydrogens is 476 g/mol. The first-order chi connectivity index (χ1) is 16.2. The van der Waals surface area contributed by atoms with E-state index < -0.39 is 63.5 Å². The maximum Gasteiger partial charge on any atom is 0.277 e. The van der Waals surface area contributed by atoms with Gasteiger partial charge < -0.3 is 29.4 Å². The summed E-state index contributed by atoms with van der Waals surface area (Å²) in [6, 6.07) is 1.18. The van der Waals surface area contributed by atoms with Crippen molar-refractivity contribution in [3.8, 4) is 5.75 Å². The molecule has 34 heavy (non-hydrogen) atoms. The van der Waals surface area contributed by atoms with E-state index in [0.717, 1.165) is 12.1 Å². The molecular formula is C22H20ClF2N3O6. The molecule has 2 aromatic rings. The average Bonchev–Trinajstić information content (AvgIpc) is 3.15. The van der Waals surface area contributed by atoms with Gasteiger partial charge in [-0.1, -0.05) is 17.7 Å². The smallest absolute Gasteiger partial charge is 0.277 e. The Bertz CT molecular complexity index is 1280. The SMILES string of the molecule is C[C@@H]1CO[C@@]23CCOCC2n2cc(C(=O)NCc4ccc(F)c(Cl)c4F)c(=O)c(O)c2C(=O)N13. The Hall–Kier alpha value is -3.02. The van der Waals surface area contributed by atoms with E-state index in [1.807, 2.05) is 6.92 Å². The molecule has 0 saturated carbocycles. The van der Waals surface area contributed by atoms with Crippen LogP contribution in [0.3, 0.4) is 0 Å². The van der Waals surface area contributed by atoms with Crippen LogP contribution in [0.5, 0.6) is 5.75 Å². The Morgan fingerprint density at radius 3 is 2.85 bits per heavy atom. The molecule has 1 unspecified atom stereocenters. The molecule has 3 aliphatic rings. The van der Waals surface area contributed by atoms with Gasteiger partial charge in [0.25, 0.3) is 11.8 Å². The number of nitrogens with zero attached hydrogens (tertiary/aromatic N) is 2. The van der Waals surface area contributed by atoms with E-state index in [1.54, 1.807) is 0 Å². The third-order valence-electron chi connectivity index (χ3n) is 6.59.